The van der Waals surface area contributed by atoms with Crippen LogP contribution in [0.25, 0.3) is 0 Å². The smallest absolute Gasteiger partial charge is 0.105 e. The molecule has 3 nitrogen and oxygen atoms in total. The van der Waals surface area contributed by atoms with Crippen molar-refractivity contribution in [2.24, 2.45) is 5.41 Å². The van der Waals surface area contributed by atoms with Crippen LogP contribution in [-0.4, -0.2) is 36.6 Å². The molecule has 0 aliphatic carbocycles. The zero-order valence-corrected chi connectivity index (χ0v) is 13.3. The monoisotopic (exact) mass is 253 g/mol. The SMILES string of the molecule is CCCNC(C)(C#N)CC(C)N(C)CC(C)(C)C. The van der Waals surface area contributed by atoms with Crippen molar-refractivity contribution in [2.45, 2.75) is 66.0 Å². The lowest BCUT2D eigenvalue weighted by atomic mass is 9.91. The van der Waals surface area contributed by atoms with Crippen LogP contribution >= 0.6 is 0 Å². The number of nitriles is 1. The van der Waals surface area contributed by atoms with E-state index >= 15 is 0 Å². The van der Waals surface area contributed by atoms with Crippen LogP contribution in [0.5, 0.6) is 0 Å². The average molecular weight is 253 g/mol. The standard InChI is InChI=1S/C15H31N3/c1-8-9-17-15(6,11-16)10-13(2)18(7)12-14(3,4)5/h13,17H,8-10,12H2,1-7H3. The summed E-state index contributed by atoms with van der Waals surface area (Å²) in [7, 11) is 2.15. The van der Waals surface area contributed by atoms with Gasteiger partial charge in [-0.1, -0.05) is 27.7 Å². The first-order valence-corrected chi connectivity index (χ1v) is 7.00. The van der Waals surface area contributed by atoms with Crippen molar-refractivity contribution in [1.82, 2.24) is 10.2 Å². The van der Waals surface area contributed by atoms with E-state index in [1.165, 1.54) is 0 Å². The number of hydrogen-bond donors (Lipinski definition) is 1. The molecule has 2 atom stereocenters. The van der Waals surface area contributed by atoms with Crippen LogP contribution in [0.4, 0.5) is 0 Å². The van der Waals surface area contributed by atoms with E-state index in [1.807, 2.05) is 6.92 Å². The fourth-order valence-corrected chi connectivity index (χ4v) is 2.21. The third-order valence-electron chi connectivity index (χ3n) is 3.19. The summed E-state index contributed by atoms with van der Waals surface area (Å²) in [6.45, 7) is 15.0. The van der Waals surface area contributed by atoms with E-state index < -0.39 is 5.54 Å². The van der Waals surface area contributed by atoms with Gasteiger partial charge in [0.05, 0.1) is 6.07 Å². The highest BCUT2D eigenvalue weighted by Crippen LogP contribution is 2.20. The van der Waals surface area contributed by atoms with Gasteiger partial charge in [0, 0.05) is 12.6 Å². The van der Waals surface area contributed by atoms with Crippen LogP contribution in [0.1, 0.15) is 54.4 Å². The van der Waals surface area contributed by atoms with Gasteiger partial charge < -0.3 is 4.90 Å². The molecule has 0 saturated heterocycles. The van der Waals surface area contributed by atoms with E-state index in [2.05, 4.69) is 58.0 Å². The van der Waals surface area contributed by atoms with Crippen LogP contribution in [0.2, 0.25) is 0 Å². The van der Waals surface area contributed by atoms with E-state index in [9.17, 15) is 5.26 Å². The first-order valence-electron chi connectivity index (χ1n) is 7.00. The Morgan fingerprint density at radius 2 is 1.83 bits per heavy atom. The summed E-state index contributed by atoms with van der Waals surface area (Å²) in [5.41, 5.74) is -0.121. The lowest BCUT2D eigenvalue weighted by Gasteiger charge is -2.35. The molecular weight excluding hydrogens is 222 g/mol. The summed E-state index contributed by atoms with van der Waals surface area (Å²) in [6.07, 6.45) is 1.92. The average Bonchev–Trinajstić information content (AvgIpc) is 2.24. The fraction of sp³-hybridized carbons (Fsp3) is 0.933. The molecular formula is C15H31N3. The molecule has 0 aromatic heterocycles. The molecule has 0 aromatic carbocycles. The Kier molecular flexibility index (Phi) is 6.88. The molecule has 0 saturated carbocycles. The van der Waals surface area contributed by atoms with Gasteiger partial charge in [-0.2, -0.15) is 5.26 Å². The maximum Gasteiger partial charge on any atom is 0.105 e. The second-order valence-corrected chi connectivity index (χ2v) is 6.90. The van der Waals surface area contributed by atoms with E-state index in [-0.39, 0.29) is 0 Å². The zero-order valence-electron chi connectivity index (χ0n) is 13.3. The summed E-state index contributed by atoms with van der Waals surface area (Å²) in [5.74, 6) is 0. The Bertz CT molecular complexity index is 274. The van der Waals surface area contributed by atoms with Gasteiger partial charge in [-0.05, 0) is 45.7 Å². The second-order valence-electron chi connectivity index (χ2n) is 6.90. The number of nitrogens with one attached hydrogen (secondary N) is 1. The van der Waals surface area contributed by atoms with Gasteiger partial charge in [0.15, 0.2) is 0 Å². The van der Waals surface area contributed by atoms with Crippen LogP contribution in [0, 0.1) is 16.7 Å². The maximum atomic E-state index is 9.34. The highest BCUT2D eigenvalue weighted by atomic mass is 15.1. The van der Waals surface area contributed by atoms with E-state index in [0.717, 1.165) is 25.9 Å². The Balaban J connectivity index is 4.43. The third kappa shape index (κ3) is 6.98. The van der Waals surface area contributed by atoms with Crippen molar-refractivity contribution in [3.63, 3.8) is 0 Å². The lowest BCUT2D eigenvalue weighted by Crippen LogP contribution is -2.47. The van der Waals surface area contributed by atoms with Crippen molar-refractivity contribution in [3.8, 4) is 6.07 Å². The second kappa shape index (κ2) is 7.11. The van der Waals surface area contributed by atoms with Crippen LogP contribution in [-0.2, 0) is 0 Å². The van der Waals surface area contributed by atoms with Crippen molar-refractivity contribution in [3.05, 3.63) is 0 Å². The Morgan fingerprint density at radius 1 is 1.28 bits per heavy atom. The van der Waals surface area contributed by atoms with Crippen LogP contribution in [0.3, 0.4) is 0 Å². The molecule has 0 amide bonds. The summed E-state index contributed by atoms with van der Waals surface area (Å²) >= 11 is 0. The minimum absolute atomic E-state index is 0.295. The first kappa shape index (κ1) is 17.4. The molecule has 0 aliphatic heterocycles. The van der Waals surface area contributed by atoms with Gasteiger partial charge in [-0.3, -0.25) is 5.32 Å². The van der Waals surface area contributed by atoms with Crippen molar-refractivity contribution < 1.29 is 0 Å². The molecule has 3 heteroatoms. The summed E-state index contributed by atoms with van der Waals surface area (Å²) < 4.78 is 0. The molecule has 0 rings (SSSR count). The molecule has 106 valence electrons. The maximum absolute atomic E-state index is 9.34. The summed E-state index contributed by atoms with van der Waals surface area (Å²) in [5, 5.41) is 12.7. The third-order valence-corrected chi connectivity index (χ3v) is 3.19. The van der Waals surface area contributed by atoms with Crippen LogP contribution < -0.4 is 5.32 Å². The van der Waals surface area contributed by atoms with Crippen molar-refractivity contribution in [1.29, 1.82) is 5.26 Å². The number of rotatable bonds is 7. The highest BCUT2D eigenvalue weighted by Gasteiger charge is 2.28. The van der Waals surface area contributed by atoms with Gasteiger partial charge in [-0.15, -0.1) is 0 Å². The van der Waals surface area contributed by atoms with Crippen LogP contribution in [0.15, 0.2) is 0 Å². The minimum atomic E-state index is -0.415. The van der Waals surface area contributed by atoms with E-state index in [4.69, 9.17) is 0 Å². The molecule has 0 aliphatic rings. The number of nitrogens with zero attached hydrogens (tertiary/aromatic N) is 2. The van der Waals surface area contributed by atoms with Gasteiger partial charge in [-0.25, -0.2) is 0 Å². The zero-order chi connectivity index (χ0) is 14.4. The predicted octanol–water partition coefficient (Wildman–Crippen LogP) is 3.02. The molecule has 0 bridgehead atoms. The molecule has 0 spiro atoms. The summed E-state index contributed by atoms with van der Waals surface area (Å²) in [6, 6.07) is 2.83. The van der Waals surface area contributed by atoms with Gasteiger partial charge in [0.25, 0.3) is 0 Å². The topological polar surface area (TPSA) is 39.1 Å². The number of hydrogen-bond acceptors (Lipinski definition) is 3. The molecule has 0 aromatic rings. The van der Waals surface area contributed by atoms with Crippen molar-refractivity contribution in [2.75, 3.05) is 20.1 Å². The highest BCUT2D eigenvalue weighted by molar-refractivity contribution is 5.05. The largest absolute Gasteiger partial charge is 0.303 e. The Hall–Kier alpha value is -0.590. The van der Waals surface area contributed by atoms with Gasteiger partial charge in [0.1, 0.15) is 5.54 Å². The molecule has 1 N–H and O–H groups in total. The van der Waals surface area contributed by atoms with E-state index in [1.54, 1.807) is 0 Å². The molecule has 0 fully saturated rings. The molecule has 0 radical (unpaired) electrons. The van der Waals surface area contributed by atoms with E-state index in [0.29, 0.717) is 11.5 Å². The summed E-state index contributed by atoms with van der Waals surface area (Å²) in [4.78, 5) is 2.35. The quantitative estimate of drug-likeness (QED) is 0.758. The lowest BCUT2D eigenvalue weighted by molar-refractivity contribution is 0.158. The first-order chi connectivity index (χ1) is 8.13. The van der Waals surface area contributed by atoms with Gasteiger partial charge >= 0.3 is 0 Å². The molecule has 18 heavy (non-hydrogen) atoms. The normalized spacial score (nSPS) is 17.3. The van der Waals surface area contributed by atoms with Crippen molar-refractivity contribution >= 4 is 0 Å². The fourth-order valence-electron chi connectivity index (χ4n) is 2.21. The molecule has 0 heterocycles. The van der Waals surface area contributed by atoms with Gasteiger partial charge in [0.2, 0.25) is 0 Å². The Morgan fingerprint density at radius 3 is 2.22 bits per heavy atom. The predicted molar refractivity (Wildman–Crippen MR) is 78.5 cm³/mol. The minimum Gasteiger partial charge on any atom is -0.303 e. The Labute approximate surface area is 114 Å². The molecule has 2 unspecified atom stereocenters.